The molecule has 0 unspecified atom stereocenters. The van der Waals surface area contributed by atoms with Crippen LogP contribution in [0.15, 0.2) is 0 Å². The number of amides is 4. The average Bonchev–Trinajstić information content (AvgIpc) is 2.86. The highest BCUT2D eigenvalue weighted by Gasteiger charge is 2.51. The second-order valence-corrected chi connectivity index (χ2v) is 8.15. The Morgan fingerprint density at radius 2 is 1.81 bits per heavy atom. The molecule has 1 spiro atoms. The molecule has 0 aromatic heterocycles. The Kier molecular flexibility index (Phi) is 6.01. The highest BCUT2D eigenvalue weighted by atomic mass is 16.5. The van der Waals surface area contributed by atoms with Crippen molar-refractivity contribution < 1.29 is 23.9 Å². The number of rotatable bonds is 5. The fourth-order valence-corrected chi connectivity index (χ4v) is 4.31. The van der Waals surface area contributed by atoms with Gasteiger partial charge in [-0.3, -0.25) is 19.3 Å². The van der Waals surface area contributed by atoms with Crippen LogP contribution in [-0.4, -0.2) is 53.4 Å². The van der Waals surface area contributed by atoms with Crippen molar-refractivity contribution in [1.82, 2.24) is 15.5 Å². The van der Waals surface area contributed by atoms with Crippen LogP contribution in [0.5, 0.6) is 0 Å². The van der Waals surface area contributed by atoms with Crippen molar-refractivity contribution in [3.8, 4) is 0 Å². The molecule has 3 aliphatic rings. The summed E-state index contributed by atoms with van der Waals surface area (Å²) in [7, 11) is 0. The maximum atomic E-state index is 12.6. The number of esters is 1. The van der Waals surface area contributed by atoms with Crippen LogP contribution in [0.3, 0.4) is 0 Å². The number of nitrogens with zero attached hydrogens (tertiary/aromatic N) is 1. The molecular formula is C19H29N3O5. The van der Waals surface area contributed by atoms with E-state index in [0.717, 1.165) is 49.8 Å². The van der Waals surface area contributed by atoms with E-state index in [1.807, 2.05) is 0 Å². The van der Waals surface area contributed by atoms with E-state index < -0.39 is 24.1 Å². The Balaban J connectivity index is 1.43. The molecule has 8 heteroatoms. The topological polar surface area (TPSA) is 105 Å². The van der Waals surface area contributed by atoms with Gasteiger partial charge >= 0.3 is 12.0 Å². The van der Waals surface area contributed by atoms with Crippen molar-refractivity contribution >= 4 is 23.8 Å². The van der Waals surface area contributed by atoms with Crippen molar-refractivity contribution in [3.63, 3.8) is 0 Å². The summed E-state index contributed by atoms with van der Waals surface area (Å²) in [6, 6.07) is -0.427. The van der Waals surface area contributed by atoms with Gasteiger partial charge in [-0.05, 0) is 44.4 Å². The van der Waals surface area contributed by atoms with Gasteiger partial charge < -0.3 is 15.4 Å². The van der Waals surface area contributed by atoms with Gasteiger partial charge in [-0.25, -0.2) is 4.79 Å². The Bertz CT molecular complexity index is 606. The summed E-state index contributed by atoms with van der Waals surface area (Å²) in [6.07, 6.45) is 8.04. The lowest BCUT2D eigenvalue weighted by atomic mass is 9.82. The molecular weight excluding hydrogens is 350 g/mol. The van der Waals surface area contributed by atoms with Crippen molar-refractivity contribution in [2.75, 3.05) is 13.2 Å². The zero-order chi connectivity index (χ0) is 19.4. The maximum absolute atomic E-state index is 12.6. The summed E-state index contributed by atoms with van der Waals surface area (Å²) in [5.74, 6) is -0.764. The monoisotopic (exact) mass is 379 g/mol. The SMILES string of the molecule is CC1CCC(NC(=O)COC(=O)CN2C(=O)NC3(CCCCC3)C2=O)CC1. The molecule has 4 amide bonds. The predicted octanol–water partition coefficient (Wildman–Crippen LogP) is 1.48. The van der Waals surface area contributed by atoms with Crippen LogP contribution in [-0.2, 0) is 19.1 Å². The van der Waals surface area contributed by atoms with E-state index in [4.69, 9.17) is 4.74 Å². The molecule has 1 heterocycles. The second kappa shape index (κ2) is 8.27. The van der Waals surface area contributed by atoms with Crippen LogP contribution in [0, 0.1) is 5.92 Å². The third kappa shape index (κ3) is 4.59. The van der Waals surface area contributed by atoms with Crippen LogP contribution < -0.4 is 10.6 Å². The molecule has 0 atom stereocenters. The first kappa shape index (κ1) is 19.6. The first-order valence-corrected chi connectivity index (χ1v) is 9.99. The quantitative estimate of drug-likeness (QED) is 0.556. The summed E-state index contributed by atoms with van der Waals surface area (Å²) in [5.41, 5.74) is -0.856. The van der Waals surface area contributed by atoms with Gasteiger partial charge in [0, 0.05) is 6.04 Å². The number of carbonyl (C=O) groups excluding carboxylic acids is 4. The number of hydrogen-bond donors (Lipinski definition) is 2. The predicted molar refractivity (Wildman–Crippen MR) is 96.6 cm³/mol. The first-order chi connectivity index (χ1) is 12.9. The van der Waals surface area contributed by atoms with Crippen LogP contribution in [0.25, 0.3) is 0 Å². The van der Waals surface area contributed by atoms with E-state index in [1.165, 1.54) is 0 Å². The molecule has 3 rings (SSSR count). The summed E-state index contributed by atoms with van der Waals surface area (Å²) in [5, 5.41) is 5.62. The lowest BCUT2D eigenvalue weighted by molar-refractivity contribution is -0.151. The molecule has 2 saturated carbocycles. The van der Waals surface area contributed by atoms with Crippen molar-refractivity contribution in [2.24, 2.45) is 5.92 Å². The molecule has 2 N–H and O–H groups in total. The standard InChI is InChI=1S/C19H29N3O5/c1-13-5-7-14(8-6-13)20-15(23)12-27-16(24)11-22-17(25)19(21-18(22)26)9-3-2-4-10-19/h13-14H,2-12H2,1H3,(H,20,23)(H,21,26). The number of hydrogen-bond acceptors (Lipinski definition) is 5. The van der Waals surface area contributed by atoms with E-state index in [0.29, 0.717) is 18.8 Å². The van der Waals surface area contributed by atoms with Crippen molar-refractivity contribution in [1.29, 1.82) is 0 Å². The van der Waals surface area contributed by atoms with E-state index in [-0.39, 0.29) is 24.5 Å². The minimum atomic E-state index is -0.856. The van der Waals surface area contributed by atoms with E-state index in [1.54, 1.807) is 0 Å². The lowest BCUT2D eigenvalue weighted by Gasteiger charge is -2.30. The van der Waals surface area contributed by atoms with Crippen LogP contribution >= 0.6 is 0 Å². The number of ether oxygens (including phenoxy) is 1. The first-order valence-electron chi connectivity index (χ1n) is 9.99. The van der Waals surface area contributed by atoms with Crippen molar-refractivity contribution in [2.45, 2.75) is 76.3 Å². The summed E-state index contributed by atoms with van der Waals surface area (Å²) in [6.45, 7) is 1.35. The molecule has 150 valence electrons. The minimum absolute atomic E-state index is 0.129. The van der Waals surface area contributed by atoms with Gasteiger partial charge in [-0.1, -0.05) is 26.2 Å². The van der Waals surface area contributed by atoms with Gasteiger partial charge in [0.05, 0.1) is 0 Å². The van der Waals surface area contributed by atoms with Gasteiger partial charge in [0.15, 0.2) is 6.61 Å². The Hall–Kier alpha value is -2.12. The smallest absolute Gasteiger partial charge is 0.326 e. The van der Waals surface area contributed by atoms with Crippen LogP contribution in [0.1, 0.15) is 64.7 Å². The fourth-order valence-electron chi connectivity index (χ4n) is 4.31. The molecule has 3 fully saturated rings. The molecule has 0 aromatic rings. The van der Waals surface area contributed by atoms with Gasteiger partial charge in [-0.2, -0.15) is 0 Å². The van der Waals surface area contributed by atoms with E-state index in [2.05, 4.69) is 17.6 Å². The lowest BCUT2D eigenvalue weighted by Crippen LogP contribution is -2.48. The Morgan fingerprint density at radius 1 is 1.15 bits per heavy atom. The summed E-state index contributed by atoms with van der Waals surface area (Å²) < 4.78 is 4.98. The molecule has 0 aromatic carbocycles. The Labute approximate surface area is 159 Å². The molecule has 27 heavy (non-hydrogen) atoms. The van der Waals surface area contributed by atoms with Gasteiger partial charge in [-0.15, -0.1) is 0 Å². The number of imide groups is 1. The van der Waals surface area contributed by atoms with Crippen LogP contribution in [0.4, 0.5) is 4.79 Å². The molecule has 2 aliphatic carbocycles. The Morgan fingerprint density at radius 3 is 2.48 bits per heavy atom. The maximum Gasteiger partial charge on any atom is 0.326 e. The summed E-state index contributed by atoms with van der Waals surface area (Å²) >= 11 is 0. The fraction of sp³-hybridized carbons (Fsp3) is 0.789. The molecule has 0 radical (unpaired) electrons. The summed E-state index contributed by atoms with van der Waals surface area (Å²) in [4.78, 5) is 49.6. The van der Waals surface area contributed by atoms with E-state index in [9.17, 15) is 19.2 Å². The number of nitrogens with one attached hydrogen (secondary N) is 2. The molecule has 1 saturated heterocycles. The highest BCUT2D eigenvalue weighted by Crippen LogP contribution is 2.33. The van der Waals surface area contributed by atoms with Crippen LogP contribution in [0.2, 0.25) is 0 Å². The largest absolute Gasteiger partial charge is 0.454 e. The van der Waals surface area contributed by atoms with Gasteiger partial charge in [0.1, 0.15) is 12.1 Å². The third-order valence-electron chi connectivity index (χ3n) is 5.99. The molecule has 8 nitrogen and oxygen atoms in total. The molecule has 0 bridgehead atoms. The second-order valence-electron chi connectivity index (χ2n) is 8.15. The van der Waals surface area contributed by atoms with E-state index >= 15 is 0 Å². The number of urea groups is 1. The molecule has 1 aliphatic heterocycles. The van der Waals surface area contributed by atoms with Gasteiger partial charge in [0.25, 0.3) is 11.8 Å². The van der Waals surface area contributed by atoms with Gasteiger partial charge in [0.2, 0.25) is 0 Å². The average molecular weight is 379 g/mol. The normalized spacial score (nSPS) is 27.4. The zero-order valence-corrected chi connectivity index (χ0v) is 15.9. The highest BCUT2D eigenvalue weighted by molar-refractivity contribution is 6.08. The third-order valence-corrected chi connectivity index (χ3v) is 5.99. The van der Waals surface area contributed by atoms with Crippen molar-refractivity contribution in [3.05, 3.63) is 0 Å². The number of carbonyl (C=O) groups is 4. The minimum Gasteiger partial charge on any atom is -0.454 e. The zero-order valence-electron chi connectivity index (χ0n) is 15.9.